The molecule has 0 saturated heterocycles. The molecule has 0 saturated carbocycles. The molecule has 0 heterocycles. The molecule has 9 heteroatoms. The second-order valence-electron chi connectivity index (χ2n) is 9.55. The van der Waals surface area contributed by atoms with Gasteiger partial charge in [-0.25, -0.2) is 8.42 Å². The zero-order chi connectivity index (χ0) is 28.0. The van der Waals surface area contributed by atoms with Crippen molar-refractivity contribution in [1.82, 2.24) is 10.2 Å². The fourth-order valence-corrected chi connectivity index (χ4v) is 5.55. The van der Waals surface area contributed by atoms with Crippen LogP contribution in [0.1, 0.15) is 37.5 Å². The summed E-state index contributed by atoms with van der Waals surface area (Å²) in [6.45, 7) is 8.65. The smallest absolute Gasteiger partial charge is 0.264 e. The zero-order valence-electron chi connectivity index (χ0n) is 22.3. The van der Waals surface area contributed by atoms with Gasteiger partial charge in [0.25, 0.3) is 10.0 Å². The van der Waals surface area contributed by atoms with Gasteiger partial charge in [0.1, 0.15) is 12.6 Å². The molecule has 0 unspecified atom stereocenters. The van der Waals surface area contributed by atoms with E-state index < -0.39 is 28.5 Å². The van der Waals surface area contributed by atoms with Gasteiger partial charge in [-0.05, 0) is 81.6 Å². The van der Waals surface area contributed by atoms with Crippen molar-refractivity contribution in [3.8, 4) is 0 Å². The summed E-state index contributed by atoms with van der Waals surface area (Å²) >= 11 is 6.38. The van der Waals surface area contributed by atoms with Crippen LogP contribution in [0, 0.1) is 13.8 Å². The maximum absolute atomic E-state index is 13.9. The molecule has 0 radical (unpaired) electrons. The third-order valence-corrected chi connectivity index (χ3v) is 8.44. The van der Waals surface area contributed by atoms with Crippen LogP contribution >= 0.6 is 11.6 Å². The van der Waals surface area contributed by atoms with Crippen LogP contribution in [0.4, 0.5) is 5.69 Å². The molecule has 0 aliphatic heterocycles. The van der Waals surface area contributed by atoms with Crippen LogP contribution in [0.2, 0.25) is 5.02 Å². The highest BCUT2D eigenvalue weighted by atomic mass is 35.5. The Labute approximate surface area is 230 Å². The van der Waals surface area contributed by atoms with Crippen molar-refractivity contribution in [2.24, 2.45) is 0 Å². The van der Waals surface area contributed by atoms with E-state index in [0.717, 1.165) is 15.4 Å². The number of rotatable bonds is 10. The highest BCUT2D eigenvalue weighted by Crippen LogP contribution is 2.27. The van der Waals surface area contributed by atoms with Crippen LogP contribution < -0.4 is 9.62 Å². The largest absolute Gasteiger partial charge is 0.352 e. The molecule has 3 aromatic rings. The second-order valence-corrected chi connectivity index (χ2v) is 11.8. The van der Waals surface area contributed by atoms with Crippen LogP contribution in [-0.2, 0) is 26.2 Å². The molecule has 0 spiro atoms. The van der Waals surface area contributed by atoms with Crippen molar-refractivity contribution in [1.29, 1.82) is 0 Å². The van der Waals surface area contributed by atoms with Crippen LogP contribution in [0.15, 0.2) is 77.7 Å². The molecule has 3 rings (SSSR count). The van der Waals surface area contributed by atoms with Crippen molar-refractivity contribution in [3.63, 3.8) is 0 Å². The second kappa shape index (κ2) is 12.5. The minimum atomic E-state index is -4.10. The summed E-state index contributed by atoms with van der Waals surface area (Å²) in [5, 5.41) is 3.28. The van der Waals surface area contributed by atoms with Gasteiger partial charge in [-0.3, -0.25) is 13.9 Å². The van der Waals surface area contributed by atoms with E-state index in [-0.39, 0.29) is 23.4 Å². The number of hydrogen-bond donors (Lipinski definition) is 1. The number of anilines is 1. The molecular formula is C29H34ClN3O4S. The Kier molecular flexibility index (Phi) is 9.57. The maximum Gasteiger partial charge on any atom is 0.264 e. The first-order valence-corrected chi connectivity index (χ1v) is 14.2. The normalized spacial score (nSPS) is 12.2. The molecule has 202 valence electrons. The van der Waals surface area contributed by atoms with Crippen LogP contribution in [0.25, 0.3) is 0 Å². The Bertz CT molecular complexity index is 1390. The summed E-state index contributed by atoms with van der Waals surface area (Å²) in [6.07, 6.45) is 0. The van der Waals surface area contributed by atoms with E-state index in [4.69, 9.17) is 11.6 Å². The van der Waals surface area contributed by atoms with E-state index in [9.17, 15) is 18.0 Å². The summed E-state index contributed by atoms with van der Waals surface area (Å²) in [5.74, 6) is -0.877. The number of nitrogens with zero attached hydrogens (tertiary/aromatic N) is 2. The Balaban J connectivity index is 2.06. The van der Waals surface area contributed by atoms with Gasteiger partial charge in [-0.2, -0.15) is 0 Å². The van der Waals surface area contributed by atoms with E-state index in [1.165, 1.54) is 17.0 Å². The van der Waals surface area contributed by atoms with Crippen molar-refractivity contribution < 1.29 is 18.0 Å². The Morgan fingerprint density at radius 3 is 2.13 bits per heavy atom. The number of hydrogen-bond acceptors (Lipinski definition) is 4. The number of halogens is 1. The number of carbonyl (C=O) groups excluding carboxylic acids is 2. The van der Waals surface area contributed by atoms with Crippen molar-refractivity contribution in [3.05, 3.63) is 94.5 Å². The van der Waals surface area contributed by atoms with Crippen LogP contribution in [-0.4, -0.2) is 43.8 Å². The number of carbonyl (C=O) groups is 2. The van der Waals surface area contributed by atoms with Gasteiger partial charge >= 0.3 is 0 Å². The molecule has 3 aromatic carbocycles. The van der Waals surface area contributed by atoms with Gasteiger partial charge in [0.15, 0.2) is 0 Å². The van der Waals surface area contributed by atoms with E-state index in [1.807, 2.05) is 33.8 Å². The Morgan fingerprint density at radius 1 is 0.895 bits per heavy atom. The fourth-order valence-electron chi connectivity index (χ4n) is 3.93. The molecule has 0 aromatic heterocycles. The summed E-state index contributed by atoms with van der Waals surface area (Å²) < 4.78 is 28.7. The summed E-state index contributed by atoms with van der Waals surface area (Å²) in [7, 11) is -4.10. The third kappa shape index (κ3) is 6.94. The van der Waals surface area contributed by atoms with Crippen molar-refractivity contribution >= 4 is 39.1 Å². The predicted molar refractivity (Wildman–Crippen MR) is 152 cm³/mol. The van der Waals surface area contributed by atoms with Gasteiger partial charge in [-0.15, -0.1) is 0 Å². The molecule has 38 heavy (non-hydrogen) atoms. The van der Waals surface area contributed by atoms with Gasteiger partial charge in [-0.1, -0.05) is 54.1 Å². The van der Waals surface area contributed by atoms with Gasteiger partial charge in [0.05, 0.1) is 10.6 Å². The first-order valence-electron chi connectivity index (χ1n) is 12.4. The minimum Gasteiger partial charge on any atom is -0.352 e. The topological polar surface area (TPSA) is 86.8 Å². The third-order valence-electron chi connectivity index (χ3n) is 6.29. The Morgan fingerprint density at radius 2 is 1.53 bits per heavy atom. The number of nitrogens with one attached hydrogen (secondary N) is 1. The van der Waals surface area contributed by atoms with Gasteiger partial charge < -0.3 is 10.2 Å². The summed E-state index contributed by atoms with van der Waals surface area (Å²) in [5.41, 5.74) is 2.90. The highest BCUT2D eigenvalue weighted by molar-refractivity contribution is 7.92. The lowest BCUT2D eigenvalue weighted by molar-refractivity contribution is -0.139. The molecule has 1 N–H and O–H groups in total. The summed E-state index contributed by atoms with van der Waals surface area (Å²) in [4.78, 5) is 28.3. The number of aryl methyl sites for hydroxylation is 2. The van der Waals surface area contributed by atoms with Crippen LogP contribution in [0.5, 0.6) is 0 Å². The van der Waals surface area contributed by atoms with Crippen LogP contribution in [0.3, 0.4) is 0 Å². The predicted octanol–water partition coefficient (Wildman–Crippen LogP) is 5.09. The molecule has 0 fully saturated rings. The SMILES string of the molecule is Cc1ccc(N(CC(=O)N(Cc2ccccc2Cl)[C@@H](C)C(=O)NC(C)C)S(=O)(=O)c2ccccc2)cc1C. The van der Waals surface area contributed by atoms with E-state index >= 15 is 0 Å². The maximum atomic E-state index is 13.9. The first-order chi connectivity index (χ1) is 17.9. The minimum absolute atomic E-state index is 0.0390. The highest BCUT2D eigenvalue weighted by Gasteiger charge is 2.33. The molecule has 7 nitrogen and oxygen atoms in total. The molecule has 0 aliphatic carbocycles. The van der Waals surface area contributed by atoms with Gasteiger partial charge in [0.2, 0.25) is 11.8 Å². The van der Waals surface area contributed by atoms with Crippen molar-refractivity contribution in [2.45, 2.75) is 58.1 Å². The lowest BCUT2D eigenvalue weighted by Crippen LogP contribution is -2.52. The monoisotopic (exact) mass is 555 g/mol. The molecule has 1 atom stereocenters. The average Bonchev–Trinajstić information content (AvgIpc) is 2.88. The first kappa shape index (κ1) is 29.2. The lowest BCUT2D eigenvalue weighted by Gasteiger charge is -2.32. The number of amides is 2. The molecule has 0 bridgehead atoms. The lowest BCUT2D eigenvalue weighted by atomic mass is 10.1. The summed E-state index contributed by atoms with van der Waals surface area (Å²) in [6, 6.07) is 19.3. The van der Waals surface area contributed by atoms with E-state index in [2.05, 4.69) is 5.32 Å². The fraction of sp³-hybridized carbons (Fsp3) is 0.310. The zero-order valence-corrected chi connectivity index (χ0v) is 23.9. The van der Waals surface area contributed by atoms with E-state index in [0.29, 0.717) is 16.3 Å². The van der Waals surface area contributed by atoms with E-state index in [1.54, 1.807) is 61.5 Å². The van der Waals surface area contributed by atoms with Gasteiger partial charge in [0, 0.05) is 17.6 Å². The molecule has 2 amide bonds. The average molecular weight is 556 g/mol. The molecular weight excluding hydrogens is 522 g/mol. The number of benzene rings is 3. The Hall–Kier alpha value is -3.36. The standard InChI is InChI=1S/C29H34ClN3O4S/c1-20(2)31-29(35)23(5)32(18-24-11-9-10-14-27(24)30)28(34)19-33(25-16-15-21(3)22(4)17-25)38(36,37)26-12-7-6-8-13-26/h6-17,20,23H,18-19H2,1-5H3,(H,31,35)/t23-/m0/s1. The molecule has 0 aliphatic rings. The number of sulfonamides is 1. The van der Waals surface area contributed by atoms with Crippen molar-refractivity contribution in [2.75, 3.05) is 10.8 Å². The quantitative estimate of drug-likeness (QED) is 0.377.